The number of furan rings is 1. The molecular formula is C25H17N3O5S. The van der Waals surface area contributed by atoms with Crippen LogP contribution in [0.4, 0.5) is 0 Å². The van der Waals surface area contributed by atoms with E-state index in [9.17, 15) is 9.59 Å². The Balaban J connectivity index is 1.27. The first kappa shape index (κ1) is 20.4. The monoisotopic (exact) mass is 471 g/mol. The first-order valence-corrected chi connectivity index (χ1v) is 11.4. The van der Waals surface area contributed by atoms with Gasteiger partial charge in [-0.3, -0.25) is 9.59 Å². The van der Waals surface area contributed by atoms with E-state index in [1.807, 2.05) is 42.5 Å². The zero-order valence-corrected chi connectivity index (χ0v) is 18.7. The van der Waals surface area contributed by atoms with E-state index in [2.05, 4.69) is 10.1 Å². The number of fused-ring (bicyclic) bond motifs is 2. The van der Waals surface area contributed by atoms with E-state index in [-0.39, 0.29) is 17.9 Å². The molecule has 5 aromatic rings. The van der Waals surface area contributed by atoms with E-state index in [0.717, 1.165) is 5.56 Å². The quantitative estimate of drug-likeness (QED) is 0.369. The second kappa shape index (κ2) is 7.96. The van der Waals surface area contributed by atoms with Gasteiger partial charge < -0.3 is 13.9 Å². The van der Waals surface area contributed by atoms with Crippen LogP contribution in [0.1, 0.15) is 35.0 Å². The van der Waals surface area contributed by atoms with Gasteiger partial charge in [-0.05, 0) is 31.2 Å². The summed E-state index contributed by atoms with van der Waals surface area (Å²) in [6.07, 6.45) is 1.18. The predicted octanol–water partition coefficient (Wildman–Crippen LogP) is 3.67. The maximum Gasteiger partial charge on any atom is 0.291 e. The highest BCUT2D eigenvalue weighted by molar-refractivity contribution is 7.15. The van der Waals surface area contributed by atoms with Crippen molar-refractivity contribution in [3.63, 3.8) is 0 Å². The molecule has 1 aliphatic rings. The third kappa shape index (κ3) is 3.56. The molecule has 0 bridgehead atoms. The molecule has 9 heteroatoms. The molecular weight excluding hydrogens is 454 g/mol. The van der Waals surface area contributed by atoms with Crippen LogP contribution in [0.5, 0.6) is 11.5 Å². The van der Waals surface area contributed by atoms with Crippen LogP contribution in [-0.2, 0) is 0 Å². The molecule has 1 atom stereocenters. The maximum atomic E-state index is 12.9. The Labute approximate surface area is 196 Å². The van der Waals surface area contributed by atoms with Crippen LogP contribution in [0.3, 0.4) is 0 Å². The number of aromatic nitrogens is 3. The molecule has 0 fully saturated rings. The average molecular weight is 471 g/mol. The van der Waals surface area contributed by atoms with Gasteiger partial charge in [0.25, 0.3) is 5.56 Å². The van der Waals surface area contributed by atoms with Gasteiger partial charge in [0.05, 0.1) is 0 Å². The SMILES string of the molecule is CC(=O)c1ccc(-c2ccc(/C=c3\sc4nc([C@@H]5COc6ccccc6O5)nn4c3=O)o2)cc1. The van der Waals surface area contributed by atoms with Crippen LogP contribution >= 0.6 is 11.3 Å². The molecule has 0 radical (unpaired) electrons. The van der Waals surface area contributed by atoms with Crippen LogP contribution in [0, 0.1) is 0 Å². The van der Waals surface area contributed by atoms with Gasteiger partial charge in [-0.2, -0.15) is 9.50 Å². The number of nitrogens with zero attached hydrogens (tertiary/aromatic N) is 3. The summed E-state index contributed by atoms with van der Waals surface area (Å²) >= 11 is 1.23. The minimum Gasteiger partial charge on any atom is -0.485 e. The van der Waals surface area contributed by atoms with Crippen LogP contribution in [0.15, 0.2) is 69.9 Å². The zero-order chi connectivity index (χ0) is 23.2. The number of carbonyl (C=O) groups excluding carboxylic acids is 1. The number of ketones is 1. The largest absolute Gasteiger partial charge is 0.485 e. The van der Waals surface area contributed by atoms with Crippen LogP contribution < -0.4 is 19.6 Å². The molecule has 4 heterocycles. The minimum absolute atomic E-state index is 0.00913. The highest BCUT2D eigenvalue weighted by Crippen LogP contribution is 2.35. The van der Waals surface area contributed by atoms with Gasteiger partial charge >= 0.3 is 0 Å². The fourth-order valence-corrected chi connectivity index (χ4v) is 4.61. The van der Waals surface area contributed by atoms with Gasteiger partial charge in [0.1, 0.15) is 22.7 Å². The van der Waals surface area contributed by atoms with Gasteiger partial charge in [0, 0.05) is 17.2 Å². The summed E-state index contributed by atoms with van der Waals surface area (Å²) in [5.74, 6) is 2.89. The molecule has 8 nitrogen and oxygen atoms in total. The zero-order valence-electron chi connectivity index (χ0n) is 17.9. The second-order valence-corrected chi connectivity index (χ2v) is 8.79. The van der Waals surface area contributed by atoms with Crippen molar-refractivity contribution in [2.45, 2.75) is 13.0 Å². The topological polar surface area (TPSA) is 95.9 Å². The summed E-state index contributed by atoms with van der Waals surface area (Å²) in [5, 5.41) is 4.37. The maximum absolute atomic E-state index is 12.9. The molecule has 0 aliphatic carbocycles. The molecule has 3 aromatic heterocycles. The number of benzene rings is 2. The standard InChI is InChI=1S/C25H17N3O5S/c1-14(29)15-6-8-16(9-7-15)18-11-10-17(32-18)12-22-24(30)28-25(34-22)26-23(27-28)21-13-31-19-4-2-3-5-20(19)33-21/h2-12,21H,13H2,1H3/b22-12-/t21-/m0/s1. The minimum atomic E-state index is -0.490. The van der Waals surface area contributed by atoms with Crippen molar-refractivity contribution in [2.24, 2.45) is 0 Å². The highest BCUT2D eigenvalue weighted by atomic mass is 32.1. The first-order chi connectivity index (χ1) is 16.5. The number of ether oxygens (including phenoxy) is 2. The fourth-order valence-electron chi connectivity index (χ4n) is 3.72. The third-order valence-electron chi connectivity index (χ3n) is 5.47. The Bertz CT molecular complexity index is 1650. The Kier molecular flexibility index (Phi) is 4.77. The molecule has 6 rings (SSSR count). The lowest BCUT2D eigenvalue weighted by Gasteiger charge is -2.24. The van der Waals surface area contributed by atoms with Crippen molar-refractivity contribution < 1.29 is 18.7 Å². The Morgan fingerprint density at radius 2 is 1.88 bits per heavy atom. The van der Waals surface area contributed by atoms with Gasteiger partial charge in [-0.1, -0.05) is 47.7 Å². The van der Waals surface area contributed by atoms with E-state index in [1.165, 1.54) is 22.8 Å². The van der Waals surface area contributed by atoms with Crippen LogP contribution in [-0.4, -0.2) is 27.0 Å². The number of hydrogen-bond acceptors (Lipinski definition) is 8. The van der Waals surface area contributed by atoms with Crippen LogP contribution in [0.2, 0.25) is 0 Å². The number of hydrogen-bond donors (Lipinski definition) is 0. The summed E-state index contributed by atoms with van der Waals surface area (Å²) in [6, 6.07) is 18.2. The summed E-state index contributed by atoms with van der Waals surface area (Å²) < 4.78 is 19.3. The number of rotatable bonds is 4. The predicted molar refractivity (Wildman–Crippen MR) is 125 cm³/mol. The number of para-hydroxylation sites is 2. The van der Waals surface area contributed by atoms with E-state index in [4.69, 9.17) is 13.9 Å². The second-order valence-electron chi connectivity index (χ2n) is 7.78. The highest BCUT2D eigenvalue weighted by Gasteiger charge is 2.27. The smallest absolute Gasteiger partial charge is 0.291 e. The average Bonchev–Trinajstić information content (AvgIpc) is 3.56. The summed E-state index contributed by atoms with van der Waals surface area (Å²) in [5.41, 5.74) is 1.21. The lowest BCUT2D eigenvalue weighted by molar-refractivity contribution is 0.0852. The van der Waals surface area contributed by atoms with Gasteiger partial charge in [0.2, 0.25) is 4.96 Å². The summed E-state index contributed by atoms with van der Waals surface area (Å²) in [6.45, 7) is 1.80. The molecule has 2 aromatic carbocycles. The Hall–Kier alpha value is -4.24. The lowest BCUT2D eigenvalue weighted by atomic mass is 10.1. The van der Waals surface area contributed by atoms with Crippen molar-refractivity contribution in [1.29, 1.82) is 0 Å². The first-order valence-electron chi connectivity index (χ1n) is 10.6. The molecule has 0 spiro atoms. The molecule has 0 N–H and O–H groups in total. The molecule has 0 amide bonds. The summed E-state index contributed by atoms with van der Waals surface area (Å²) in [7, 11) is 0. The normalized spacial score (nSPS) is 15.7. The van der Waals surface area contributed by atoms with E-state index in [1.54, 1.807) is 24.3 Å². The number of thiazole rings is 1. The van der Waals surface area contributed by atoms with Crippen molar-refractivity contribution in [2.75, 3.05) is 6.61 Å². The van der Waals surface area contributed by atoms with Crippen molar-refractivity contribution in [1.82, 2.24) is 14.6 Å². The van der Waals surface area contributed by atoms with E-state index >= 15 is 0 Å². The van der Waals surface area contributed by atoms with Gasteiger partial charge in [0.15, 0.2) is 29.2 Å². The van der Waals surface area contributed by atoms with Crippen molar-refractivity contribution in [3.8, 4) is 22.8 Å². The number of Topliss-reactive ketones (excluding diaryl/α,β-unsaturated/α-hetero) is 1. The molecule has 0 saturated carbocycles. The van der Waals surface area contributed by atoms with E-state index < -0.39 is 6.10 Å². The molecule has 0 saturated heterocycles. The molecule has 0 unspecified atom stereocenters. The van der Waals surface area contributed by atoms with Gasteiger partial charge in [-0.15, -0.1) is 5.10 Å². The van der Waals surface area contributed by atoms with E-state index in [0.29, 0.717) is 43.9 Å². The lowest BCUT2D eigenvalue weighted by Crippen LogP contribution is -2.26. The van der Waals surface area contributed by atoms with Crippen molar-refractivity contribution in [3.05, 3.63) is 92.7 Å². The van der Waals surface area contributed by atoms with Gasteiger partial charge in [-0.25, -0.2) is 0 Å². The molecule has 168 valence electrons. The fraction of sp³-hybridized carbons (Fsp3) is 0.120. The third-order valence-corrected chi connectivity index (χ3v) is 6.43. The Morgan fingerprint density at radius 1 is 1.09 bits per heavy atom. The molecule has 1 aliphatic heterocycles. The Morgan fingerprint density at radius 3 is 2.65 bits per heavy atom. The molecule has 34 heavy (non-hydrogen) atoms. The van der Waals surface area contributed by atoms with Crippen LogP contribution in [0.25, 0.3) is 22.4 Å². The number of carbonyl (C=O) groups is 1. The van der Waals surface area contributed by atoms with Crippen molar-refractivity contribution >= 4 is 28.2 Å². The summed E-state index contributed by atoms with van der Waals surface area (Å²) in [4.78, 5) is 29.3.